The predicted molar refractivity (Wildman–Crippen MR) is 71.3 cm³/mol. The number of benzene rings is 1. The number of halogens is 1. The average Bonchev–Trinajstić information content (AvgIpc) is 2.61. The highest BCUT2D eigenvalue weighted by molar-refractivity contribution is 5.52. The standard InChI is InChI=1S/C14H18FN3/c1-9(7-12-5-4-6-13(15)8-12)16-14-10(2)17-18-11(14)3/h4-6,8-9,16H,7H2,1-3H3,(H,17,18). The normalized spacial score (nSPS) is 12.4. The van der Waals surface area contributed by atoms with Crippen LogP contribution in [0.25, 0.3) is 0 Å². The number of aromatic nitrogens is 2. The van der Waals surface area contributed by atoms with Crippen molar-refractivity contribution in [3.05, 3.63) is 47.0 Å². The zero-order chi connectivity index (χ0) is 13.1. The molecule has 96 valence electrons. The molecule has 1 unspecified atom stereocenters. The van der Waals surface area contributed by atoms with Crippen molar-refractivity contribution in [2.45, 2.75) is 33.2 Å². The van der Waals surface area contributed by atoms with Crippen LogP contribution in [0.15, 0.2) is 24.3 Å². The van der Waals surface area contributed by atoms with Gasteiger partial charge in [-0.15, -0.1) is 0 Å². The smallest absolute Gasteiger partial charge is 0.123 e. The van der Waals surface area contributed by atoms with E-state index in [1.54, 1.807) is 12.1 Å². The summed E-state index contributed by atoms with van der Waals surface area (Å²) in [6, 6.07) is 6.95. The molecule has 0 spiro atoms. The molecule has 1 aromatic heterocycles. The first-order valence-electron chi connectivity index (χ1n) is 6.09. The second-order valence-electron chi connectivity index (χ2n) is 4.69. The molecule has 0 aliphatic rings. The van der Waals surface area contributed by atoms with Gasteiger partial charge in [-0.2, -0.15) is 5.10 Å². The Kier molecular flexibility index (Phi) is 3.65. The van der Waals surface area contributed by atoms with Gasteiger partial charge in [0.2, 0.25) is 0 Å². The van der Waals surface area contributed by atoms with E-state index in [1.807, 2.05) is 19.9 Å². The summed E-state index contributed by atoms with van der Waals surface area (Å²) in [7, 11) is 0. The SMILES string of the molecule is Cc1n[nH]c(C)c1NC(C)Cc1cccc(F)c1. The second kappa shape index (κ2) is 5.21. The number of aryl methyl sites for hydroxylation is 2. The third kappa shape index (κ3) is 2.88. The molecule has 0 amide bonds. The van der Waals surface area contributed by atoms with Crippen LogP contribution in [0.3, 0.4) is 0 Å². The van der Waals surface area contributed by atoms with Gasteiger partial charge in [0, 0.05) is 6.04 Å². The zero-order valence-corrected chi connectivity index (χ0v) is 10.9. The lowest BCUT2D eigenvalue weighted by Crippen LogP contribution is -2.18. The fourth-order valence-corrected chi connectivity index (χ4v) is 2.08. The van der Waals surface area contributed by atoms with Gasteiger partial charge in [-0.1, -0.05) is 12.1 Å². The number of hydrogen-bond acceptors (Lipinski definition) is 2. The largest absolute Gasteiger partial charge is 0.379 e. The Hall–Kier alpha value is -1.84. The van der Waals surface area contributed by atoms with E-state index in [0.717, 1.165) is 29.1 Å². The molecule has 0 fully saturated rings. The molecular formula is C14H18FN3. The molecule has 3 nitrogen and oxygen atoms in total. The van der Waals surface area contributed by atoms with Crippen LogP contribution in [-0.4, -0.2) is 16.2 Å². The second-order valence-corrected chi connectivity index (χ2v) is 4.69. The molecule has 18 heavy (non-hydrogen) atoms. The average molecular weight is 247 g/mol. The molecular weight excluding hydrogens is 229 g/mol. The molecule has 0 saturated heterocycles. The lowest BCUT2D eigenvalue weighted by molar-refractivity contribution is 0.624. The minimum Gasteiger partial charge on any atom is -0.379 e. The van der Waals surface area contributed by atoms with Gasteiger partial charge in [0.25, 0.3) is 0 Å². The van der Waals surface area contributed by atoms with Gasteiger partial charge in [-0.05, 0) is 44.9 Å². The maximum Gasteiger partial charge on any atom is 0.123 e. The zero-order valence-electron chi connectivity index (χ0n) is 10.9. The van der Waals surface area contributed by atoms with E-state index in [4.69, 9.17) is 0 Å². The molecule has 1 aromatic carbocycles. The van der Waals surface area contributed by atoms with Gasteiger partial charge in [-0.3, -0.25) is 5.10 Å². The van der Waals surface area contributed by atoms with E-state index < -0.39 is 0 Å². The topological polar surface area (TPSA) is 40.7 Å². The Morgan fingerprint density at radius 1 is 1.39 bits per heavy atom. The number of hydrogen-bond donors (Lipinski definition) is 2. The minimum atomic E-state index is -0.185. The van der Waals surface area contributed by atoms with Crippen LogP contribution in [0, 0.1) is 19.7 Å². The molecule has 2 N–H and O–H groups in total. The van der Waals surface area contributed by atoms with E-state index >= 15 is 0 Å². The molecule has 2 aromatic rings. The molecule has 1 atom stereocenters. The summed E-state index contributed by atoms with van der Waals surface area (Å²) in [6.07, 6.45) is 0.780. The highest BCUT2D eigenvalue weighted by Gasteiger charge is 2.10. The van der Waals surface area contributed by atoms with Crippen molar-refractivity contribution in [3.8, 4) is 0 Å². The predicted octanol–water partition coefficient (Wildman–Crippen LogP) is 3.21. The molecule has 2 rings (SSSR count). The molecule has 0 aliphatic heterocycles. The summed E-state index contributed by atoms with van der Waals surface area (Å²) < 4.78 is 13.1. The van der Waals surface area contributed by atoms with Gasteiger partial charge in [0.05, 0.1) is 17.1 Å². The van der Waals surface area contributed by atoms with Crippen molar-refractivity contribution in [2.75, 3.05) is 5.32 Å². The summed E-state index contributed by atoms with van der Waals surface area (Å²) in [5.41, 5.74) is 4.02. The van der Waals surface area contributed by atoms with Crippen LogP contribution >= 0.6 is 0 Å². The maximum absolute atomic E-state index is 13.1. The van der Waals surface area contributed by atoms with Crippen LogP contribution in [0.1, 0.15) is 23.9 Å². The Morgan fingerprint density at radius 2 is 2.17 bits per heavy atom. The van der Waals surface area contributed by atoms with E-state index in [9.17, 15) is 4.39 Å². The van der Waals surface area contributed by atoms with Crippen molar-refractivity contribution in [1.29, 1.82) is 0 Å². The molecule has 1 heterocycles. The first kappa shape index (κ1) is 12.6. The fraction of sp³-hybridized carbons (Fsp3) is 0.357. The number of nitrogens with zero attached hydrogens (tertiary/aromatic N) is 1. The van der Waals surface area contributed by atoms with Crippen molar-refractivity contribution in [3.63, 3.8) is 0 Å². The van der Waals surface area contributed by atoms with Crippen LogP contribution in [-0.2, 0) is 6.42 Å². The van der Waals surface area contributed by atoms with Crippen LogP contribution in [0.4, 0.5) is 10.1 Å². The number of aromatic amines is 1. The molecule has 4 heteroatoms. The molecule has 0 aliphatic carbocycles. The van der Waals surface area contributed by atoms with E-state index in [0.29, 0.717) is 0 Å². The highest BCUT2D eigenvalue weighted by Crippen LogP contribution is 2.18. The Bertz CT molecular complexity index is 514. The minimum absolute atomic E-state index is 0.185. The molecule has 0 radical (unpaired) electrons. The summed E-state index contributed by atoms with van der Waals surface area (Å²) in [5, 5.41) is 10.5. The van der Waals surface area contributed by atoms with Crippen molar-refractivity contribution < 1.29 is 4.39 Å². The summed E-state index contributed by atoms with van der Waals surface area (Å²) in [5.74, 6) is -0.185. The number of H-pyrrole nitrogens is 1. The van der Waals surface area contributed by atoms with Gasteiger partial charge in [0.1, 0.15) is 5.82 Å². The van der Waals surface area contributed by atoms with Gasteiger partial charge in [0.15, 0.2) is 0 Å². The first-order valence-corrected chi connectivity index (χ1v) is 6.09. The van der Waals surface area contributed by atoms with E-state index in [-0.39, 0.29) is 11.9 Å². The number of anilines is 1. The number of nitrogens with one attached hydrogen (secondary N) is 2. The maximum atomic E-state index is 13.1. The van der Waals surface area contributed by atoms with Crippen molar-refractivity contribution in [1.82, 2.24) is 10.2 Å². The summed E-state index contributed by atoms with van der Waals surface area (Å²) in [4.78, 5) is 0. The summed E-state index contributed by atoms with van der Waals surface area (Å²) >= 11 is 0. The van der Waals surface area contributed by atoms with Crippen molar-refractivity contribution >= 4 is 5.69 Å². The fourth-order valence-electron chi connectivity index (χ4n) is 2.08. The van der Waals surface area contributed by atoms with E-state index in [2.05, 4.69) is 22.4 Å². The Balaban J connectivity index is 2.03. The molecule has 0 saturated carbocycles. The van der Waals surface area contributed by atoms with Gasteiger partial charge in [-0.25, -0.2) is 4.39 Å². The first-order chi connectivity index (χ1) is 8.56. The Morgan fingerprint density at radius 3 is 2.78 bits per heavy atom. The quantitative estimate of drug-likeness (QED) is 0.871. The van der Waals surface area contributed by atoms with Gasteiger partial charge >= 0.3 is 0 Å². The van der Waals surface area contributed by atoms with Crippen LogP contribution in [0.5, 0.6) is 0 Å². The Labute approximate surface area is 106 Å². The lowest BCUT2D eigenvalue weighted by atomic mass is 10.1. The summed E-state index contributed by atoms with van der Waals surface area (Å²) in [6.45, 7) is 6.02. The van der Waals surface area contributed by atoms with E-state index in [1.165, 1.54) is 6.07 Å². The lowest BCUT2D eigenvalue weighted by Gasteiger charge is -2.15. The monoisotopic (exact) mass is 247 g/mol. The van der Waals surface area contributed by atoms with Crippen LogP contribution in [0.2, 0.25) is 0 Å². The highest BCUT2D eigenvalue weighted by atomic mass is 19.1. The third-order valence-corrected chi connectivity index (χ3v) is 2.95. The number of rotatable bonds is 4. The van der Waals surface area contributed by atoms with Gasteiger partial charge < -0.3 is 5.32 Å². The third-order valence-electron chi connectivity index (χ3n) is 2.95. The van der Waals surface area contributed by atoms with Crippen molar-refractivity contribution in [2.24, 2.45) is 0 Å². The van der Waals surface area contributed by atoms with Crippen LogP contribution < -0.4 is 5.32 Å². The molecule has 0 bridgehead atoms.